The quantitative estimate of drug-likeness (QED) is 0.586. The normalized spacial score (nSPS) is 11.6. The van der Waals surface area contributed by atoms with Crippen molar-refractivity contribution in [1.82, 2.24) is 4.98 Å². The minimum Gasteiger partial charge on any atom is -0.462 e. The molecule has 0 saturated heterocycles. The molecule has 1 aromatic heterocycles. The average Bonchev–Trinajstić information content (AvgIpc) is 2.74. The fraction of sp³-hybridized carbons (Fsp3) is 0.400. The predicted octanol–water partition coefficient (Wildman–Crippen LogP) is 0.726. The number of terminal acetylenes is 1. The summed E-state index contributed by atoms with van der Waals surface area (Å²) >= 11 is 1.14. The van der Waals surface area contributed by atoms with Crippen molar-refractivity contribution in [3.05, 3.63) is 11.1 Å². The van der Waals surface area contributed by atoms with Crippen LogP contribution >= 0.6 is 11.3 Å². The smallest absolute Gasteiger partial charge is 0.350 e. The Morgan fingerprint density at radius 3 is 3.19 bits per heavy atom. The third-order valence-electron chi connectivity index (χ3n) is 1.66. The Labute approximate surface area is 97.5 Å². The predicted molar refractivity (Wildman–Crippen MR) is 61.4 cm³/mol. The van der Waals surface area contributed by atoms with Crippen LogP contribution in [-0.4, -0.2) is 35.3 Å². The summed E-state index contributed by atoms with van der Waals surface area (Å²) < 4.78 is 4.81. The Bertz CT molecular complexity index is 397. The van der Waals surface area contributed by atoms with Crippen LogP contribution < -0.4 is 5.32 Å². The second kappa shape index (κ2) is 6.10. The Morgan fingerprint density at radius 2 is 2.62 bits per heavy atom. The van der Waals surface area contributed by atoms with Gasteiger partial charge in [0, 0.05) is 0 Å². The maximum Gasteiger partial charge on any atom is 0.350 e. The molecule has 1 rings (SSSR count). The van der Waals surface area contributed by atoms with E-state index >= 15 is 0 Å². The molecule has 0 aliphatic rings. The summed E-state index contributed by atoms with van der Waals surface area (Å²) in [5, 5.41) is 12.2. The lowest BCUT2D eigenvalue weighted by atomic mass is 10.3. The summed E-state index contributed by atoms with van der Waals surface area (Å²) in [5.74, 6) is 1.95. The highest BCUT2D eigenvalue weighted by molar-refractivity contribution is 7.17. The van der Waals surface area contributed by atoms with E-state index in [2.05, 4.69) is 16.2 Å². The van der Waals surface area contributed by atoms with E-state index in [9.17, 15) is 4.79 Å². The lowest BCUT2D eigenvalue weighted by molar-refractivity contribution is 0.0532. The lowest BCUT2D eigenvalue weighted by Gasteiger charge is -2.07. The van der Waals surface area contributed by atoms with Crippen molar-refractivity contribution >= 4 is 22.4 Å². The molecule has 1 heterocycles. The second-order valence-electron chi connectivity index (χ2n) is 2.80. The number of aromatic nitrogens is 1. The Hall–Kier alpha value is -1.58. The van der Waals surface area contributed by atoms with E-state index in [-0.39, 0.29) is 6.61 Å². The third-order valence-corrected chi connectivity index (χ3v) is 2.57. The molecule has 16 heavy (non-hydrogen) atoms. The zero-order valence-corrected chi connectivity index (χ0v) is 9.58. The van der Waals surface area contributed by atoms with E-state index in [1.165, 1.54) is 6.20 Å². The molecule has 5 nitrogen and oxygen atoms in total. The van der Waals surface area contributed by atoms with Gasteiger partial charge in [-0.25, -0.2) is 9.78 Å². The van der Waals surface area contributed by atoms with Crippen LogP contribution in [0.4, 0.5) is 5.13 Å². The van der Waals surface area contributed by atoms with E-state index in [1.807, 2.05) is 0 Å². The van der Waals surface area contributed by atoms with Crippen molar-refractivity contribution < 1.29 is 14.6 Å². The van der Waals surface area contributed by atoms with Gasteiger partial charge in [-0.15, -0.1) is 6.42 Å². The molecular weight excluding hydrogens is 228 g/mol. The summed E-state index contributed by atoms with van der Waals surface area (Å²) in [5.41, 5.74) is 0. The first-order valence-electron chi connectivity index (χ1n) is 4.67. The number of aliphatic hydroxyl groups excluding tert-OH is 1. The number of hydrogen-bond donors (Lipinski definition) is 2. The van der Waals surface area contributed by atoms with Crippen LogP contribution in [0.5, 0.6) is 0 Å². The van der Waals surface area contributed by atoms with Gasteiger partial charge in [0.25, 0.3) is 0 Å². The number of ether oxygens (including phenoxy) is 1. The number of nitrogens with zero attached hydrogens (tertiary/aromatic N) is 1. The SMILES string of the molecule is C#CC(CO)Nc1ncc(C(=O)OCC)s1. The Kier molecular flexibility index (Phi) is 4.76. The van der Waals surface area contributed by atoms with Crippen molar-refractivity contribution in [1.29, 1.82) is 0 Å². The molecule has 1 unspecified atom stereocenters. The molecule has 0 aliphatic heterocycles. The molecule has 2 N–H and O–H groups in total. The van der Waals surface area contributed by atoms with E-state index < -0.39 is 12.0 Å². The first-order chi connectivity index (χ1) is 7.71. The van der Waals surface area contributed by atoms with E-state index in [1.54, 1.807) is 6.92 Å². The van der Waals surface area contributed by atoms with Gasteiger partial charge in [-0.2, -0.15) is 0 Å². The molecule has 0 saturated carbocycles. The van der Waals surface area contributed by atoms with Gasteiger partial charge >= 0.3 is 5.97 Å². The van der Waals surface area contributed by atoms with Crippen molar-refractivity contribution in [2.75, 3.05) is 18.5 Å². The third kappa shape index (κ3) is 3.22. The monoisotopic (exact) mass is 240 g/mol. The number of esters is 1. The van der Waals surface area contributed by atoms with Crippen LogP contribution in [0.1, 0.15) is 16.6 Å². The topological polar surface area (TPSA) is 71.5 Å². The highest BCUT2D eigenvalue weighted by Crippen LogP contribution is 2.19. The van der Waals surface area contributed by atoms with Gasteiger partial charge < -0.3 is 15.2 Å². The van der Waals surface area contributed by atoms with Gasteiger partial charge in [0.15, 0.2) is 5.13 Å². The minimum absolute atomic E-state index is 0.190. The molecule has 0 bridgehead atoms. The summed E-state index contributed by atoms with van der Waals surface area (Å²) in [4.78, 5) is 15.7. The van der Waals surface area contributed by atoms with Gasteiger partial charge in [-0.3, -0.25) is 0 Å². The molecular formula is C10H12N2O3S. The number of thiazole rings is 1. The number of anilines is 1. The maximum absolute atomic E-state index is 11.3. The van der Waals surface area contributed by atoms with Gasteiger partial charge in [0.05, 0.1) is 19.4 Å². The Balaban J connectivity index is 2.65. The molecule has 6 heteroatoms. The van der Waals surface area contributed by atoms with Gasteiger partial charge in [0.1, 0.15) is 10.9 Å². The summed E-state index contributed by atoms with van der Waals surface area (Å²) in [6.45, 7) is 1.87. The number of carbonyl (C=O) groups excluding carboxylic acids is 1. The number of rotatable bonds is 5. The molecule has 0 aromatic carbocycles. The van der Waals surface area contributed by atoms with Crippen LogP contribution in [0.3, 0.4) is 0 Å². The van der Waals surface area contributed by atoms with Crippen molar-refractivity contribution in [3.8, 4) is 12.3 Å². The van der Waals surface area contributed by atoms with Gasteiger partial charge in [-0.05, 0) is 6.92 Å². The standard InChI is InChI=1S/C10H12N2O3S/c1-3-7(6-13)12-10-11-5-8(16-10)9(14)15-4-2/h1,5,7,13H,4,6H2,2H3,(H,11,12). The first-order valence-corrected chi connectivity index (χ1v) is 5.49. The van der Waals surface area contributed by atoms with Gasteiger partial charge in [-0.1, -0.05) is 17.3 Å². The largest absolute Gasteiger partial charge is 0.462 e. The highest BCUT2D eigenvalue weighted by atomic mass is 32.1. The van der Waals surface area contributed by atoms with Crippen LogP contribution in [0.15, 0.2) is 6.20 Å². The number of carbonyl (C=O) groups is 1. The highest BCUT2D eigenvalue weighted by Gasteiger charge is 2.12. The summed E-state index contributed by atoms with van der Waals surface area (Å²) in [6, 6.07) is -0.499. The summed E-state index contributed by atoms with van der Waals surface area (Å²) in [7, 11) is 0. The molecule has 86 valence electrons. The van der Waals surface area contributed by atoms with Crippen LogP contribution in [0.25, 0.3) is 0 Å². The molecule has 0 radical (unpaired) electrons. The molecule has 1 aromatic rings. The second-order valence-corrected chi connectivity index (χ2v) is 3.83. The maximum atomic E-state index is 11.3. The van der Waals surface area contributed by atoms with Gasteiger partial charge in [0.2, 0.25) is 0 Å². The van der Waals surface area contributed by atoms with Crippen molar-refractivity contribution in [3.63, 3.8) is 0 Å². The minimum atomic E-state index is -0.499. The zero-order valence-electron chi connectivity index (χ0n) is 8.77. The number of hydrogen-bond acceptors (Lipinski definition) is 6. The number of aliphatic hydroxyl groups is 1. The van der Waals surface area contributed by atoms with E-state index in [0.29, 0.717) is 16.6 Å². The fourth-order valence-corrected chi connectivity index (χ4v) is 1.69. The average molecular weight is 240 g/mol. The fourth-order valence-electron chi connectivity index (χ4n) is 0.926. The summed E-state index contributed by atoms with van der Waals surface area (Å²) in [6.07, 6.45) is 6.57. The van der Waals surface area contributed by atoms with Crippen LogP contribution in [0, 0.1) is 12.3 Å². The Morgan fingerprint density at radius 1 is 1.88 bits per heavy atom. The van der Waals surface area contributed by atoms with Crippen molar-refractivity contribution in [2.45, 2.75) is 13.0 Å². The van der Waals surface area contributed by atoms with E-state index in [0.717, 1.165) is 11.3 Å². The van der Waals surface area contributed by atoms with E-state index in [4.69, 9.17) is 16.3 Å². The molecule has 0 aliphatic carbocycles. The first kappa shape index (κ1) is 12.5. The molecule has 1 atom stereocenters. The zero-order chi connectivity index (χ0) is 12.0. The van der Waals surface area contributed by atoms with Crippen molar-refractivity contribution in [2.24, 2.45) is 0 Å². The number of nitrogens with one attached hydrogen (secondary N) is 1. The lowest BCUT2D eigenvalue weighted by Crippen LogP contribution is -2.21. The molecule has 0 fully saturated rings. The molecule has 0 spiro atoms. The van der Waals surface area contributed by atoms with Crippen LogP contribution in [0.2, 0.25) is 0 Å². The van der Waals surface area contributed by atoms with Crippen LogP contribution in [-0.2, 0) is 4.74 Å². The molecule has 0 amide bonds.